The van der Waals surface area contributed by atoms with Gasteiger partial charge in [0.1, 0.15) is 11.9 Å². The maximum Gasteiger partial charge on any atom is 0.257 e. The number of benzene rings is 1. The summed E-state index contributed by atoms with van der Waals surface area (Å²) in [6.07, 6.45) is 0.784. The number of aromatic nitrogens is 2. The van der Waals surface area contributed by atoms with Crippen LogP contribution < -0.4 is 10.1 Å². The van der Waals surface area contributed by atoms with E-state index in [-0.39, 0.29) is 6.10 Å². The minimum atomic E-state index is -0.150. The van der Waals surface area contributed by atoms with Crippen LogP contribution in [-0.2, 0) is 11.2 Å². The Morgan fingerprint density at radius 2 is 2.25 bits per heavy atom. The topological polar surface area (TPSA) is 69.4 Å². The van der Waals surface area contributed by atoms with Crippen LogP contribution in [0.3, 0.4) is 0 Å². The van der Waals surface area contributed by atoms with Gasteiger partial charge < -0.3 is 19.3 Å². The molecular weight excluding hydrogens is 258 g/mol. The van der Waals surface area contributed by atoms with E-state index < -0.39 is 0 Å². The largest absolute Gasteiger partial charge is 0.493 e. The van der Waals surface area contributed by atoms with E-state index >= 15 is 0 Å². The molecule has 2 aromatic rings. The average molecular weight is 273 g/mol. The molecule has 104 valence electrons. The lowest BCUT2D eigenvalue weighted by molar-refractivity contribution is 0.00755. The summed E-state index contributed by atoms with van der Waals surface area (Å²) in [5.74, 6) is 2.09. The standard InChI is InChI=1S/C14H15N3O3/c1-2-11-9(3-5-18-11)7-10(1)13-16-14(20-17-13)12-8-15-4-6-19-12/h1-2,7,12,15H,3-6,8H2/t12-/m0/s1. The van der Waals surface area contributed by atoms with Crippen molar-refractivity contribution in [3.63, 3.8) is 0 Å². The van der Waals surface area contributed by atoms with Crippen molar-refractivity contribution in [2.75, 3.05) is 26.3 Å². The molecule has 0 unspecified atom stereocenters. The Kier molecular flexibility index (Phi) is 2.90. The zero-order chi connectivity index (χ0) is 13.4. The van der Waals surface area contributed by atoms with E-state index in [1.165, 1.54) is 5.56 Å². The molecule has 6 heteroatoms. The van der Waals surface area contributed by atoms with Crippen molar-refractivity contribution < 1.29 is 14.0 Å². The SMILES string of the molecule is c1cc2c(cc1-c1noc([C@@H]3CNCCO3)n1)CCO2. The highest BCUT2D eigenvalue weighted by Crippen LogP contribution is 2.30. The van der Waals surface area contributed by atoms with Crippen molar-refractivity contribution in [2.45, 2.75) is 12.5 Å². The van der Waals surface area contributed by atoms with Crippen LogP contribution in [0, 0.1) is 0 Å². The molecule has 1 saturated heterocycles. The molecule has 0 spiro atoms. The molecule has 3 heterocycles. The molecule has 0 bridgehead atoms. The van der Waals surface area contributed by atoms with Crippen LogP contribution in [0.25, 0.3) is 11.4 Å². The number of nitrogens with one attached hydrogen (secondary N) is 1. The van der Waals surface area contributed by atoms with Gasteiger partial charge in [-0.2, -0.15) is 4.98 Å². The average Bonchev–Trinajstić information content (AvgIpc) is 3.16. The van der Waals surface area contributed by atoms with Crippen LogP contribution in [0.5, 0.6) is 5.75 Å². The van der Waals surface area contributed by atoms with Gasteiger partial charge in [-0.15, -0.1) is 0 Å². The molecule has 1 aromatic heterocycles. The van der Waals surface area contributed by atoms with Gasteiger partial charge in [0.15, 0.2) is 0 Å². The van der Waals surface area contributed by atoms with Crippen molar-refractivity contribution in [2.24, 2.45) is 0 Å². The fourth-order valence-electron chi connectivity index (χ4n) is 2.53. The van der Waals surface area contributed by atoms with Gasteiger partial charge in [0.2, 0.25) is 5.82 Å². The van der Waals surface area contributed by atoms with Crippen molar-refractivity contribution in [3.05, 3.63) is 29.7 Å². The Labute approximate surface area is 116 Å². The lowest BCUT2D eigenvalue weighted by atomic mass is 10.1. The van der Waals surface area contributed by atoms with Crippen LogP contribution in [0.2, 0.25) is 0 Å². The molecule has 4 rings (SSSR count). The molecule has 1 aromatic carbocycles. The summed E-state index contributed by atoms with van der Waals surface area (Å²) < 4.78 is 16.4. The van der Waals surface area contributed by atoms with Crippen LogP contribution >= 0.6 is 0 Å². The van der Waals surface area contributed by atoms with Crippen molar-refractivity contribution in [3.8, 4) is 17.1 Å². The molecule has 0 saturated carbocycles. The van der Waals surface area contributed by atoms with E-state index in [1.54, 1.807) is 0 Å². The summed E-state index contributed by atoms with van der Waals surface area (Å²) in [6.45, 7) is 2.98. The number of hydrogen-bond acceptors (Lipinski definition) is 6. The van der Waals surface area contributed by atoms with E-state index in [1.807, 2.05) is 12.1 Å². The zero-order valence-electron chi connectivity index (χ0n) is 11.0. The van der Waals surface area contributed by atoms with Gasteiger partial charge in [0, 0.05) is 25.1 Å². The Morgan fingerprint density at radius 1 is 1.25 bits per heavy atom. The zero-order valence-corrected chi connectivity index (χ0v) is 11.0. The third kappa shape index (κ3) is 2.07. The van der Waals surface area contributed by atoms with E-state index in [4.69, 9.17) is 14.0 Å². The third-order valence-electron chi connectivity index (χ3n) is 3.59. The molecule has 20 heavy (non-hydrogen) atoms. The monoisotopic (exact) mass is 273 g/mol. The first-order valence-corrected chi connectivity index (χ1v) is 6.82. The molecule has 2 aliphatic rings. The Morgan fingerprint density at radius 3 is 3.15 bits per heavy atom. The normalized spacial score (nSPS) is 21.5. The lowest BCUT2D eigenvalue weighted by Crippen LogP contribution is -2.33. The summed E-state index contributed by atoms with van der Waals surface area (Å²) in [5, 5.41) is 7.30. The second-order valence-corrected chi connectivity index (χ2v) is 4.94. The van der Waals surface area contributed by atoms with E-state index in [0.717, 1.165) is 30.9 Å². The van der Waals surface area contributed by atoms with Gasteiger partial charge in [-0.25, -0.2) is 0 Å². The summed E-state index contributed by atoms with van der Waals surface area (Å²) in [4.78, 5) is 4.45. The fraction of sp³-hybridized carbons (Fsp3) is 0.429. The highest BCUT2D eigenvalue weighted by Gasteiger charge is 2.23. The third-order valence-corrected chi connectivity index (χ3v) is 3.59. The highest BCUT2D eigenvalue weighted by molar-refractivity contribution is 5.59. The fourth-order valence-corrected chi connectivity index (χ4v) is 2.53. The van der Waals surface area contributed by atoms with Crippen molar-refractivity contribution in [1.29, 1.82) is 0 Å². The number of rotatable bonds is 2. The number of fused-ring (bicyclic) bond motifs is 1. The maximum atomic E-state index is 5.61. The predicted molar refractivity (Wildman–Crippen MR) is 70.5 cm³/mol. The summed E-state index contributed by atoms with van der Waals surface area (Å²) >= 11 is 0. The molecule has 1 fully saturated rings. The smallest absolute Gasteiger partial charge is 0.257 e. The highest BCUT2D eigenvalue weighted by atomic mass is 16.5. The molecule has 6 nitrogen and oxygen atoms in total. The lowest BCUT2D eigenvalue weighted by Gasteiger charge is -2.19. The van der Waals surface area contributed by atoms with Crippen LogP contribution in [0.1, 0.15) is 17.6 Å². The van der Waals surface area contributed by atoms with Gasteiger partial charge in [-0.1, -0.05) is 5.16 Å². The molecule has 0 amide bonds. The van der Waals surface area contributed by atoms with Crippen LogP contribution in [-0.4, -0.2) is 36.4 Å². The first kappa shape index (κ1) is 11.9. The molecule has 1 atom stereocenters. The number of ether oxygens (including phenoxy) is 2. The predicted octanol–water partition coefficient (Wildman–Crippen LogP) is 1.33. The van der Waals surface area contributed by atoms with E-state index in [2.05, 4.69) is 21.5 Å². The molecular formula is C14H15N3O3. The van der Waals surface area contributed by atoms with E-state index in [9.17, 15) is 0 Å². The first-order chi connectivity index (χ1) is 9.90. The molecule has 2 aliphatic heterocycles. The minimum Gasteiger partial charge on any atom is -0.493 e. The van der Waals surface area contributed by atoms with Crippen molar-refractivity contribution >= 4 is 0 Å². The second kappa shape index (κ2) is 4.88. The summed E-state index contributed by atoms with van der Waals surface area (Å²) in [7, 11) is 0. The number of morpholine rings is 1. The Hall–Kier alpha value is -1.92. The number of nitrogens with zero attached hydrogens (tertiary/aromatic N) is 2. The summed E-state index contributed by atoms with van der Waals surface area (Å²) in [6, 6.07) is 5.99. The Bertz CT molecular complexity index is 620. The van der Waals surface area contributed by atoms with Gasteiger partial charge in [0.25, 0.3) is 5.89 Å². The van der Waals surface area contributed by atoms with Gasteiger partial charge in [-0.3, -0.25) is 0 Å². The number of hydrogen-bond donors (Lipinski definition) is 1. The molecule has 1 N–H and O–H groups in total. The minimum absolute atomic E-state index is 0.150. The van der Waals surface area contributed by atoms with Crippen LogP contribution in [0.15, 0.2) is 22.7 Å². The summed E-state index contributed by atoms with van der Waals surface area (Å²) in [5.41, 5.74) is 2.15. The van der Waals surface area contributed by atoms with Crippen molar-refractivity contribution in [1.82, 2.24) is 15.5 Å². The van der Waals surface area contributed by atoms with Gasteiger partial charge >= 0.3 is 0 Å². The maximum absolute atomic E-state index is 5.61. The second-order valence-electron chi connectivity index (χ2n) is 4.94. The van der Waals surface area contributed by atoms with Gasteiger partial charge in [0.05, 0.1) is 13.2 Å². The van der Waals surface area contributed by atoms with Crippen LogP contribution in [0.4, 0.5) is 0 Å². The quantitative estimate of drug-likeness (QED) is 0.890. The molecule has 0 aliphatic carbocycles. The Balaban J connectivity index is 1.61. The van der Waals surface area contributed by atoms with E-state index in [0.29, 0.717) is 24.9 Å². The molecule has 0 radical (unpaired) electrons. The van der Waals surface area contributed by atoms with Gasteiger partial charge in [-0.05, 0) is 23.8 Å². The first-order valence-electron chi connectivity index (χ1n) is 6.82.